The van der Waals surface area contributed by atoms with E-state index in [0.717, 1.165) is 10.0 Å². The second-order valence-corrected chi connectivity index (χ2v) is 5.63. The zero-order chi connectivity index (χ0) is 13.1. The molecule has 0 N–H and O–H groups in total. The molecule has 18 heavy (non-hydrogen) atoms. The summed E-state index contributed by atoms with van der Waals surface area (Å²) in [6.45, 7) is 0. The molecule has 0 aromatic heterocycles. The topological polar surface area (TPSA) is 17.1 Å². The molecule has 2 rings (SSSR count). The Morgan fingerprint density at radius 3 is 2.56 bits per heavy atom. The number of hydrogen-bond acceptors (Lipinski definition) is 1. The molecule has 0 unspecified atom stereocenters. The second kappa shape index (κ2) is 5.76. The zero-order valence-electron chi connectivity index (χ0n) is 9.29. The number of ketones is 1. The van der Waals surface area contributed by atoms with Gasteiger partial charge in [0.2, 0.25) is 0 Å². The van der Waals surface area contributed by atoms with Gasteiger partial charge in [-0.05, 0) is 45.8 Å². The lowest BCUT2D eigenvalue weighted by molar-refractivity contribution is 0.0992. The van der Waals surface area contributed by atoms with E-state index >= 15 is 0 Å². The predicted octanol–water partition coefficient (Wildman–Crippen LogP) is 4.78. The molecular formula is C14H9Br2FO. The summed E-state index contributed by atoms with van der Waals surface area (Å²) in [5.41, 5.74) is 1.29. The van der Waals surface area contributed by atoms with Crippen LogP contribution < -0.4 is 0 Å². The number of hydrogen-bond donors (Lipinski definition) is 0. The quantitative estimate of drug-likeness (QED) is 0.710. The Balaban J connectivity index is 2.19. The van der Waals surface area contributed by atoms with Crippen LogP contribution in [0.25, 0.3) is 0 Å². The maximum Gasteiger partial charge on any atom is 0.167 e. The van der Waals surface area contributed by atoms with E-state index in [1.54, 1.807) is 12.1 Å². The van der Waals surface area contributed by atoms with Crippen molar-refractivity contribution in [1.82, 2.24) is 0 Å². The summed E-state index contributed by atoms with van der Waals surface area (Å²) in [6, 6.07) is 11.9. The molecule has 2 aromatic rings. The Morgan fingerprint density at radius 1 is 1.11 bits per heavy atom. The number of carbonyl (C=O) groups is 1. The molecule has 4 heteroatoms. The van der Waals surface area contributed by atoms with Crippen molar-refractivity contribution in [2.24, 2.45) is 0 Å². The average molecular weight is 372 g/mol. The summed E-state index contributed by atoms with van der Waals surface area (Å²) in [4.78, 5) is 12.0. The van der Waals surface area contributed by atoms with Gasteiger partial charge in [-0.1, -0.05) is 34.1 Å². The van der Waals surface area contributed by atoms with Gasteiger partial charge in [-0.25, -0.2) is 4.39 Å². The zero-order valence-corrected chi connectivity index (χ0v) is 12.5. The van der Waals surface area contributed by atoms with Crippen molar-refractivity contribution in [3.63, 3.8) is 0 Å². The number of carbonyl (C=O) groups excluding carboxylic acids is 1. The van der Waals surface area contributed by atoms with E-state index < -0.39 is 5.82 Å². The van der Waals surface area contributed by atoms with E-state index in [1.165, 1.54) is 6.07 Å². The Kier molecular flexibility index (Phi) is 4.30. The molecule has 0 bridgehead atoms. The molecule has 0 atom stereocenters. The Labute approximate surface area is 121 Å². The maximum atomic E-state index is 13.3. The minimum Gasteiger partial charge on any atom is -0.294 e. The lowest BCUT2D eigenvalue weighted by Gasteiger charge is -2.03. The molecule has 0 spiro atoms. The first kappa shape index (κ1) is 13.4. The van der Waals surface area contributed by atoms with Crippen molar-refractivity contribution in [1.29, 1.82) is 0 Å². The summed E-state index contributed by atoms with van der Waals surface area (Å²) in [5, 5.41) is 0. The molecule has 0 saturated heterocycles. The third kappa shape index (κ3) is 3.27. The Morgan fingerprint density at radius 2 is 1.89 bits per heavy atom. The SMILES string of the molecule is O=C(Cc1cccc(Br)c1)c1ccc(Br)c(F)c1. The number of benzene rings is 2. The number of Topliss-reactive ketones (excluding diaryl/α,β-unsaturated/α-hetero) is 1. The molecule has 2 aromatic carbocycles. The van der Waals surface area contributed by atoms with Crippen LogP contribution in [0.1, 0.15) is 15.9 Å². The molecule has 0 heterocycles. The van der Waals surface area contributed by atoms with Crippen molar-refractivity contribution >= 4 is 37.6 Å². The van der Waals surface area contributed by atoms with E-state index in [9.17, 15) is 9.18 Å². The van der Waals surface area contributed by atoms with Crippen molar-refractivity contribution < 1.29 is 9.18 Å². The molecule has 0 saturated carbocycles. The van der Waals surface area contributed by atoms with E-state index in [-0.39, 0.29) is 12.2 Å². The van der Waals surface area contributed by atoms with Gasteiger partial charge in [-0.2, -0.15) is 0 Å². The summed E-state index contributed by atoms with van der Waals surface area (Å²) in [5.74, 6) is -0.519. The van der Waals surface area contributed by atoms with E-state index in [4.69, 9.17) is 0 Å². The van der Waals surface area contributed by atoms with Crippen molar-refractivity contribution in [3.8, 4) is 0 Å². The number of halogens is 3. The highest BCUT2D eigenvalue weighted by Crippen LogP contribution is 2.18. The molecular weight excluding hydrogens is 363 g/mol. The third-order valence-electron chi connectivity index (χ3n) is 2.50. The van der Waals surface area contributed by atoms with Gasteiger partial charge in [0.05, 0.1) is 4.47 Å². The molecule has 0 aliphatic carbocycles. The lowest BCUT2D eigenvalue weighted by Crippen LogP contribution is -2.04. The predicted molar refractivity (Wildman–Crippen MR) is 76.3 cm³/mol. The molecule has 0 fully saturated rings. The van der Waals surface area contributed by atoms with Crippen LogP contribution in [0, 0.1) is 5.82 Å². The third-order valence-corrected chi connectivity index (χ3v) is 3.63. The lowest BCUT2D eigenvalue weighted by atomic mass is 10.0. The van der Waals surface area contributed by atoms with Gasteiger partial charge in [-0.15, -0.1) is 0 Å². The van der Waals surface area contributed by atoms with Crippen LogP contribution in [0.15, 0.2) is 51.4 Å². The van der Waals surface area contributed by atoms with Crippen molar-refractivity contribution in [2.75, 3.05) is 0 Å². The van der Waals surface area contributed by atoms with Gasteiger partial charge >= 0.3 is 0 Å². The van der Waals surface area contributed by atoms with E-state index in [0.29, 0.717) is 10.0 Å². The normalized spacial score (nSPS) is 10.4. The van der Waals surface area contributed by atoms with Gasteiger partial charge in [0.1, 0.15) is 5.82 Å². The highest BCUT2D eigenvalue weighted by atomic mass is 79.9. The van der Waals surface area contributed by atoms with Crippen LogP contribution in [0.2, 0.25) is 0 Å². The Bertz CT molecular complexity index is 596. The van der Waals surface area contributed by atoms with E-state index in [2.05, 4.69) is 31.9 Å². The fourth-order valence-corrected chi connectivity index (χ4v) is 2.30. The average Bonchev–Trinajstić information content (AvgIpc) is 2.32. The smallest absolute Gasteiger partial charge is 0.167 e. The Hall–Kier alpha value is -1.000. The number of rotatable bonds is 3. The first-order valence-corrected chi connectivity index (χ1v) is 6.87. The fraction of sp³-hybridized carbons (Fsp3) is 0.0714. The van der Waals surface area contributed by atoms with Crippen LogP contribution in [0.5, 0.6) is 0 Å². The molecule has 0 amide bonds. The highest BCUT2D eigenvalue weighted by Gasteiger charge is 2.09. The van der Waals surface area contributed by atoms with Gasteiger partial charge in [-0.3, -0.25) is 4.79 Å². The first-order chi connectivity index (χ1) is 8.56. The molecule has 92 valence electrons. The fourth-order valence-electron chi connectivity index (χ4n) is 1.60. The second-order valence-electron chi connectivity index (χ2n) is 3.86. The van der Waals surface area contributed by atoms with Crippen molar-refractivity contribution in [3.05, 3.63) is 68.4 Å². The summed E-state index contributed by atoms with van der Waals surface area (Å²) >= 11 is 6.41. The van der Waals surface area contributed by atoms with Crippen LogP contribution >= 0.6 is 31.9 Å². The highest BCUT2D eigenvalue weighted by molar-refractivity contribution is 9.10. The van der Waals surface area contributed by atoms with Crippen LogP contribution in [0.4, 0.5) is 4.39 Å². The van der Waals surface area contributed by atoms with Gasteiger partial charge in [0.25, 0.3) is 0 Å². The molecule has 0 aliphatic rings. The molecule has 1 nitrogen and oxygen atoms in total. The summed E-state index contributed by atoms with van der Waals surface area (Å²) in [6.07, 6.45) is 0.264. The summed E-state index contributed by atoms with van der Waals surface area (Å²) < 4.78 is 14.6. The maximum absolute atomic E-state index is 13.3. The van der Waals surface area contributed by atoms with Crippen LogP contribution in [-0.2, 0) is 6.42 Å². The molecule has 0 aliphatic heterocycles. The summed E-state index contributed by atoms with van der Waals surface area (Å²) in [7, 11) is 0. The van der Waals surface area contributed by atoms with E-state index in [1.807, 2.05) is 24.3 Å². The first-order valence-electron chi connectivity index (χ1n) is 5.29. The van der Waals surface area contributed by atoms with Crippen LogP contribution in [-0.4, -0.2) is 5.78 Å². The van der Waals surface area contributed by atoms with Crippen molar-refractivity contribution in [2.45, 2.75) is 6.42 Å². The van der Waals surface area contributed by atoms with Gasteiger partial charge in [0.15, 0.2) is 5.78 Å². The van der Waals surface area contributed by atoms with Gasteiger partial charge < -0.3 is 0 Å². The minimum absolute atomic E-state index is 0.0977. The standard InChI is InChI=1S/C14H9Br2FO/c15-11-3-1-2-9(6-11)7-14(18)10-4-5-12(16)13(17)8-10/h1-6,8H,7H2. The monoisotopic (exact) mass is 370 g/mol. The van der Waals surface area contributed by atoms with Gasteiger partial charge in [0, 0.05) is 16.5 Å². The minimum atomic E-state index is -0.421. The van der Waals surface area contributed by atoms with Crippen LogP contribution in [0.3, 0.4) is 0 Å². The largest absolute Gasteiger partial charge is 0.294 e. The molecule has 0 radical (unpaired) electrons.